The van der Waals surface area contributed by atoms with Gasteiger partial charge in [-0.25, -0.2) is 4.99 Å². The molecule has 2 unspecified atom stereocenters. The molecule has 1 fully saturated rings. The second-order valence-electron chi connectivity index (χ2n) is 8.15. The maximum Gasteiger partial charge on any atom is 0.191 e. The van der Waals surface area contributed by atoms with Crippen molar-refractivity contribution in [2.24, 2.45) is 12.0 Å². The number of aromatic nitrogens is 3. The van der Waals surface area contributed by atoms with Crippen molar-refractivity contribution in [3.63, 3.8) is 0 Å². The predicted octanol–water partition coefficient (Wildman–Crippen LogP) is 2.74. The van der Waals surface area contributed by atoms with E-state index in [4.69, 9.17) is 14.5 Å². The summed E-state index contributed by atoms with van der Waals surface area (Å²) in [6, 6.07) is 8.22. The number of benzene rings is 1. The molecular formula is C23H38IN7O2. The Bertz CT molecular complexity index is 889. The molecule has 1 aliphatic rings. The van der Waals surface area contributed by atoms with Crippen LogP contribution in [0.2, 0.25) is 0 Å². The third kappa shape index (κ3) is 7.73. The standard InChI is InChI=1S/C23H37N7O2.HI/c1-6-30-13-9-10-19(30)15-25-23(26-16-22-28-27-18(3)29(22)4)24-14-17(2)32-21-12-8-7-11-20(21)31-5;/h7-8,11-12,17,19H,6,9-10,13-16H2,1-5H3,(H2,24,25,26);1H. The van der Waals surface area contributed by atoms with E-state index >= 15 is 0 Å². The summed E-state index contributed by atoms with van der Waals surface area (Å²) in [4.78, 5) is 7.28. The van der Waals surface area contributed by atoms with Crippen LogP contribution >= 0.6 is 24.0 Å². The summed E-state index contributed by atoms with van der Waals surface area (Å²) in [6.07, 6.45) is 2.39. The van der Waals surface area contributed by atoms with Gasteiger partial charge in [-0.15, -0.1) is 34.2 Å². The number of para-hydroxylation sites is 2. The molecule has 184 valence electrons. The Morgan fingerprint density at radius 2 is 2.00 bits per heavy atom. The molecule has 2 atom stereocenters. The molecule has 1 aliphatic heterocycles. The van der Waals surface area contributed by atoms with Crippen LogP contribution in [0.25, 0.3) is 0 Å². The highest BCUT2D eigenvalue weighted by atomic mass is 127. The van der Waals surface area contributed by atoms with Crippen molar-refractivity contribution in [3.05, 3.63) is 35.9 Å². The number of hydrogen-bond donors (Lipinski definition) is 2. The Kier molecular flexibility index (Phi) is 11.2. The lowest BCUT2D eigenvalue weighted by Crippen LogP contribution is -2.46. The summed E-state index contributed by atoms with van der Waals surface area (Å²) in [5.74, 6) is 3.92. The van der Waals surface area contributed by atoms with Gasteiger partial charge in [0.25, 0.3) is 0 Å². The summed E-state index contributed by atoms with van der Waals surface area (Å²) in [6.45, 7) is 10.4. The van der Waals surface area contributed by atoms with E-state index in [-0.39, 0.29) is 30.1 Å². The molecule has 0 radical (unpaired) electrons. The fraction of sp³-hybridized carbons (Fsp3) is 0.609. The SMILES string of the molecule is CCN1CCCC1CNC(=NCc1nnc(C)n1C)NCC(C)Oc1ccccc1OC.I. The van der Waals surface area contributed by atoms with Crippen molar-refractivity contribution in [1.82, 2.24) is 30.3 Å². The molecule has 33 heavy (non-hydrogen) atoms. The Labute approximate surface area is 214 Å². The van der Waals surface area contributed by atoms with Crippen LogP contribution in [0, 0.1) is 6.92 Å². The third-order valence-electron chi connectivity index (χ3n) is 5.93. The van der Waals surface area contributed by atoms with E-state index in [0.29, 0.717) is 19.1 Å². The van der Waals surface area contributed by atoms with Crippen molar-refractivity contribution in [2.45, 2.75) is 52.3 Å². The topological polar surface area (TPSA) is 88.8 Å². The first-order valence-electron chi connectivity index (χ1n) is 11.4. The predicted molar refractivity (Wildman–Crippen MR) is 142 cm³/mol. The number of methoxy groups -OCH3 is 1. The largest absolute Gasteiger partial charge is 0.493 e. The maximum absolute atomic E-state index is 6.08. The van der Waals surface area contributed by atoms with Gasteiger partial charge in [-0.3, -0.25) is 4.90 Å². The highest BCUT2D eigenvalue weighted by molar-refractivity contribution is 14.0. The fourth-order valence-electron chi connectivity index (χ4n) is 3.88. The number of hydrogen-bond acceptors (Lipinski definition) is 6. The number of nitrogens with one attached hydrogen (secondary N) is 2. The first-order chi connectivity index (χ1) is 15.5. The van der Waals surface area contributed by atoms with E-state index in [0.717, 1.165) is 42.2 Å². The van der Waals surface area contributed by atoms with E-state index in [1.807, 2.05) is 49.7 Å². The fourth-order valence-corrected chi connectivity index (χ4v) is 3.88. The van der Waals surface area contributed by atoms with Crippen LogP contribution in [0.3, 0.4) is 0 Å². The minimum absolute atomic E-state index is 0. The van der Waals surface area contributed by atoms with Crippen LogP contribution in [0.1, 0.15) is 38.3 Å². The number of likely N-dealkylation sites (tertiary alicyclic amines) is 1. The molecular weight excluding hydrogens is 533 g/mol. The van der Waals surface area contributed by atoms with Crippen LogP contribution in [0.4, 0.5) is 0 Å². The Morgan fingerprint density at radius 3 is 2.67 bits per heavy atom. The van der Waals surface area contributed by atoms with Crippen LogP contribution in [0.5, 0.6) is 11.5 Å². The molecule has 0 aliphatic carbocycles. The molecule has 10 heteroatoms. The number of likely N-dealkylation sites (N-methyl/N-ethyl adjacent to an activating group) is 1. The van der Waals surface area contributed by atoms with Gasteiger partial charge in [-0.2, -0.15) is 0 Å². The zero-order valence-electron chi connectivity index (χ0n) is 20.4. The molecule has 0 bridgehead atoms. The molecule has 2 N–H and O–H groups in total. The minimum Gasteiger partial charge on any atom is -0.493 e. The highest BCUT2D eigenvalue weighted by Crippen LogP contribution is 2.26. The van der Waals surface area contributed by atoms with Gasteiger partial charge in [-0.05, 0) is 51.9 Å². The molecule has 0 spiro atoms. The van der Waals surface area contributed by atoms with Crippen LogP contribution in [0.15, 0.2) is 29.3 Å². The second kappa shape index (κ2) is 13.6. The average molecular weight is 572 g/mol. The Morgan fingerprint density at radius 1 is 1.24 bits per heavy atom. The molecule has 3 rings (SSSR count). The summed E-state index contributed by atoms with van der Waals surface area (Å²) in [5.41, 5.74) is 0. The number of nitrogens with zero attached hydrogens (tertiary/aromatic N) is 5. The maximum atomic E-state index is 6.08. The number of aliphatic imine (C=N–C) groups is 1. The van der Waals surface area contributed by atoms with Gasteiger partial charge in [0, 0.05) is 19.6 Å². The quantitative estimate of drug-likeness (QED) is 0.258. The van der Waals surface area contributed by atoms with Crippen molar-refractivity contribution in [3.8, 4) is 11.5 Å². The van der Waals surface area contributed by atoms with Crippen molar-refractivity contribution >= 4 is 29.9 Å². The molecule has 2 heterocycles. The summed E-state index contributed by atoms with van der Waals surface area (Å²) < 4.78 is 13.4. The zero-order chi connectivity index (χ0) is 22.9. The molecule has 2 aromatic rings. The molecule has 9 nitrogen and oxygen atoms in total. The first-order valence-corrected chi connectivity index (χ1v) is 11.4. The van der Waals surface area contributed by atoms with Gasteiger partial charge in [0.05, 0.1) is 13.7 Å². The monoisotopic (exact) mass is 571 g/mol. The lowest BCUT2D eigenvalue weighted by molar-refractivity contribution is 0.213. The molecule has 0 amide bonds. The lowest BCUT2D eigenvalue weighted by atomic mass is 10.2. The Hall–Kier alpha value is -2.08. The third-order valence-corrected chi connectivity index (χ3v) is 5.93. The zero-order valence-corrected chi connectivity index (χ0v) is 22.7. The lowest BCUT2D eigenvalue weighted by Gasteiger charge is -2.24. The molecule has 0 saturated carbocycles. The van der Waals surface area contributed by atoms with Crippen LogP contribution in [-0.2, 0) is 13.6 Å². The van der Waals surface area contributed by atoms with Gasteiger partial charge < -0.3 is 24.7 Å². The molecule has 1 saturated heterocycles. The molecule has 1 aromatic heterocycles. The molecule has 1 aromatic carbocycles. The van der Waals surface area contributed by atoms with Crippen LogP contribution < -0.4 is 20.1 Å². The Balaban J connectivity index is 0.00000385. The van der Waals surface area contributed by atoms with Gasteiger partial charge >= 0.3 is 0 Å². The van der Waals surface area contributed by atoms with E-state index in [1.54, 1.807) is 7.11 Å². The van der Waals surface area contributed by atoms with Crippen molar-refractivity contribution in [1.29, 1.82) is 0 Å². The number of ether oxygens (including phenoxy) is 2. The van der Waals surface area contributed by atoms with Crippen molar-refractivity contribution < 1.29 is 9.47 Å². The summed E-state index contributed by atoms with van der Waals surface area (Å²) in [7, 11) is 3.61. The first kappa shape index (κ1) is 27.2. The van der Waals surface area contributed by atoms with E-state index in [2.05, 4.69) is 32.7 Å². The van der Waals surface area contributed by atoms with Gasteiger partial charge in [0.1, 0.15) is 18.5 Å². The summed E-state index contributed by atoms with van der Waals surface area (Å²) in [5, 5.41) is 15.3. The second-order valence-corrected chi connectivity index (χ2v) is 8.15. The number of guanidine groups is 1. The number of halogens is 1. The normalized spacial score (nSPS) is 17.4. The van der Waals surface area contributed by atoms with Gasteiger partial charge in [0.2, 0.25) is 0 Å². The van der Waals surface area contributed by atoms with E-state index in [9.17, 15) is 0 Å². The smallest absolute Gasteiger partial charge is 0.191 e. The minimum atomic E-state index is -0.0750. The van der Waals surface area contributed by atoms with Crippen LogP contribution in [-0.4, -0.2) is 71.1 Å². The van der Waals surface area contributed by atoms with Gasteiger partial charge in [-0.1, -0.05) is 19.1 Å². The van der Waals surface area contributed by atoms with Crippen molar-refractivity contribution in [2.75, 3.05) is 33.3 Å². The van der Waals surface area contributed by atoms with E-state index < -0.39 is 0 Å². The summed E-state index contributed by atoms with van der Waals surface area (Å²) >= 11 is 0. The number of rotatable bonds is 10. The van der Waals surface area contributed by atoms with E-state index in [1.165, 1.54) is 19.4 Å². The van der Waals surface area contributed by atoms with Gasteiger partial charge in [0.15, 0.2) is 23.3 Å². The highest BCUT2D eigenvalue weighted by Gasteiger charge is 2.23. The number of aryl methyl sites for hydroxylation is 1. The average Bonchev–Trinajstić information content (AvgIpc) is 3.39.